The summed E-state index contributed by atoms with van der Waals surface area (Å²) in [6.07, 6.45) is 9.19. The van der Waals surface area contributed by atoms with Crippen LogP contribution in [-0.4, -0.2) is 61.1 Å². The first-order valence-corrected chi connectivity index (χ1v) is 10.6. The Kier molecular flexibility index (Phi) is 8.69. The summed E-state index contributed by atoms with van der Waals surface area (Å²) in [6, 6.07) is 0.398. The van der Waals surface area contributed by atoms with E-state index in [0.29, 0.717) is 19.0 Å². The summed E-state index contributed by atoms with van der Waals surface area (Å²) in [5.41, 5.74) is 0.0720. The highest BCUT2D eigenvalue weighted by Crippen LogP contribution is 2.20. The molecule has 1 saturated carbocycles. The van der Waals surface area contributed by atoms with Crippen molar-refractivity contribution in [2.24, 2.45) is 4.99 Å². The molecule has 2 rings (SSSR count). The van der Waals surface area contributed by atoms with Gasteiger partial charge in [0.2, 0.25) is 5.91 Å². The number of nitrogens with one attached hydrogen (secondary N) is 3. The SMILES string of the molecule is CCNC(=NCC(C)(C)N1CCCCC1)NCCC(=O)NC1CCCC1. The van der Waals surface area contributed by atoms with Gasteiger partial charge in [0.25, 0.3) is 0 Å². The third-order valence-electron chi connectivity index (χ3n) is 5.55. The number of amides is 1. The highest BCUT2D eigenvalue weighted by molar-refractivity contribution is 5.81. The Labute approximate surface area is 159 Å². The van der Waals surface area contributed by atoms with Crippen LogP contribution in [0.25, 0.3) is 0 Å². The number of aliphatic imine (C=N–C) groups is 1. The van der Waals surface area contributed by atoms with Gasteiger partial charge in [-0.3, -0.25) is 14.7 Å². The number of piperidine rings is 1. The van der Waals surface area contributed by atoms with Gasteiger partial charge in [0.15, 0.2) is 5.96 Å². The monoisotopic (exact) mass is 365 g/mol. The van der Waals surface area contributed by atoms with Gasteiger partial charge in [-0.25, -0.2) is 0 Å². The van der Waals surface area contributed by atoms with Crippen molar-refractivity contribution in [3.63, 3.8) is 0 Å². The number of rotatable bonds is 8. The first kappa shape index (κ1) is 21.0. The molecule has 0 aromatic rings. The molecule has 3 N–H and O–H groups in total. The van der Waals surface area contributed by atoms with Gasteiger partial charge in [0, 0.05) is 31.1 Å². The van der Waals surface area contributed by atoms with Gasteiger partial charge in [-0.05, 0) is 59.5 Å². The summed E-state index contributed by atoms with van der Waals surface area (Å²) in [7, 11) is 0. The van der Waals surface area contributed by atoms with Crippen molar-refractivity contribution in [1.82, 2.24) is 20.9 Å². The fourth-order valence-electron chi connectivity index (χ4n) is 3.88. The molecule has 0 aromatic carbocycles. The molecule has 0 spiro atoms. The molecule has 0 radical (unpaired) electrons. The second kappa shape index (κ2) is 10.8. The van der Waals surface area contributed by atoms with Crippen LogP contribution in [0.4, 0.5) is 0 Å². The van der Waals surface area contributed by atoms with Crippen LogP contribution in [0.15, 0.2) is 4.99 Å². The number of carbonyl (C=O) groups is 1. The quantitative estimate of drug-likeness (QED) is 0.456. The van der Waals surface area contributed by atoms with Gasteiger partial charge in [-0.2, -0.15) is 0 Å². The van der Waals surface area contributed by atoms with Gasteiger partial charge in [0.05, 0.1) is 6.54 Å². The lowest BCUT2D eigenvalue weighted by atomic mass is 9.99. The van der Waals surface area contributed by atoms with Crippen LogP contribution in [-0.2, 0) is 4.79 Å². The maximum Gasteiger partial charge on any atom is 0.221 e. The van der Waals surface area contributed by atoms with Crippen LogP contribution in [0.2, 0.25) is 0 Å². The molecule has 0 unspecified atom stereocenters. The van der Waals surface area contributed by atoms with Crippen LogP contribution in [0.1, 0.15) is 72.1 Å². The van der Waals surface area contributed by atoms with Crippen molar-refractivity contribution < 1.29 is 4.79 Å². The Bertz CT molecular complexity index is 451. The lowest BCUT2D eigenvalue weighted by Crippen LogP contribution is -2.49. The molecular weight excluding hydrogens is 326 g/mol. The Morgan fingerprint density at radius 3 is 2.42 bits per heavy atom. The molecule has 26 heavy (non-hydrogen) atoms. The van der Waals surface area contributed by atoms with E-state index in [0.717, 1.165) is 31.9 Å². The smallest absolute Gasteiger partial charge is 0.221 e. The minimum absolute atomic E-state index is 0.0720. The third kappa shape index (κ3) is 7.14. The van der Waals surface area contributed by atoms with E-state index in [1.54, 1.807) is 0 Å². The fraction of sp³-hybridized carbons (Fsp3) is 0.900. The van der Waals surface area contributed by atoms with E-state index >= 15 is 0 Å². The number of nitrogens with zero attached hydrogens (tertiary/aromatic N) is 2. The third-order valence-corrected chi connectivity index (χ3v) is 5.55. The number of hydrogen-bond acceptors (Lipinski definition) is 3. The van der Waals surface area contributed by atoms with Crippen molar-refractivity contribution in [2.45, 2.75) is 83.7 Å². The van der Waals surface area contributed by atoms with E-state index in [2.05, 4.69) is 41.6 Å². The summed E-state index contributed by atoms with van der Waals surface area (Å²) in [4.78, 5) is 19.4. The lowest BCUT2D eigenvalue weighted by Gasteiger charge is -2.40. The number of hydrogen-bond donors (Lipinski definition) is 3. The standard InChI is InChI=1S/C20H39N5O/c1-4-21-19(22-13-12-18(26)24-17-10-6-7-11-17)23-16-20(2,3)25-14-8-5-9-15-25/h17H,4-16H2,1-3H3,(H,24,26)(H2,21,22,23). The van der Waals surface area contributed by atoms with Crippen molar-refractivity contribution in [3.05, 3.63) is 0 Å². The highest BCUT2D eigenvalue weighted by atomic mass is 16.1. The van der Waals surface area contributed by atoms with Crippen LogP contribution in [0.5, 0.6) is 0 Å². The predicted molar refractivity (Wildman–Crippen MR) is 109 cm³/mol. The van der Waals surface area contributed by atoms with E-state index in [1.165, 1.54) is 45.2 Å². The minimum atomic E-state index is 0.0720. The van der Waals surface area contributed by atoms with Gasteiger partial charge in [0.1, 0.15) is 0 Å². The molecule has 1 aliphatic heterocycles. The number of carbonyl (C=O) groups excluding carboxylic acids is 1. The zero-order valence-corrected chi connectivity index (χ0v) is 17.1. The number of guanidine groups is 1. The highest BCUT2D eigenvalue weighted by Gasteiger charge is 2.27. The van der Waals surface area contributed by atoms with Gasteiger partial charge >= 0.3 is 0 Å². The first-order chi connectivity index (χ1) is 12.5. The second-order valence-electron chi connectivity index (χ2n) is 8.28. The Morgan fingerprint density at radius 1 is 1.08 bits per heavy atom. The average Bonchev–Trinajstić information content (AvgIpc) is 3.13. The lowest BCUT2D eigenvalue weighted by molar-refractivity contribution is -0.121. The maximum atomic E-state index is 12.0. The van der Waals surface area contributed by atoms with Crippen LogP contribution in [0.3, 0.4) is 0 Å². The van der Waals surface area contributed by atoms with Gasteiger partial charge in [-0.15, -0.1) is 0 Å². The number of likely N-dealkylation sites (tertiary alicyclic amines) is 1. The molecule has 1 saturated heterocycles. The molecule has 0 aromatic heterocycles. The zero-order valence-electron chi connectivity index (χ0n) is 17.1. The molecule has 6 heteroatoms. The normalized spacial score (nSPS) is 20.2. The van der Waals surface area contributed by atoms with E-state index in [4.69, 9.17) is 4.99 Å². The maximum absolute atomic E-state index is 12.0. The van der Waals surface area contributed by atoms with E-state index in [9.17, 15) is 4.79 Å². The van der Waals surface area contributed by atoms with Crippen molar-refractivity contribution in [3.8, 4) is 0 Å². The average molecular weight is 366 g/mol. The van der Waals surface area contributed by atoms with E-state index in [1.807, 2.05) is 0 Å². The molecule has 1 aliphatic carbocycles. The molecule has 0 atom stereocenters. The van der Waals surface area contributed by atoms with E-state index < -0.39 is 0 Å². The zero-order chi connectivity index (χ0) is 18.8. The topological polar surface area (TPSA) is 68.8 Å². The molecular formula is C20H39N5O. The fourth-order valence-corrected chi connectivity index (χ4v) is 3.88. The summed E-state index contributed by atoms with van der Waals surface area (Å²) in [6.45, 7) is 11.2. The second-order valence-corrected chi connectivity index (χ2v) is 8.28. The molecule has 6 nitrogen and oxygen atoms in total. The predicted octanol–water partition coefficient (Wildman–Crippen LogP) is 2.25. The van der Waals surface area contributed by atoms with Crippen molar-refractivity contribution in [1.29, 1.82) is 0 Å². The molecule has 1 amide bonds. The summed E-state index contributed by atoms with van der Waals surface area (Å²) in [5, 5.41) is 9.74. The summed E-state index contributed by atoms with van der Waals surface area (Å²) in [5.74, 6) is 0.958. The van der Waals surface area contributed by atoms with Gasteiger partial charge < -0.3 is 16.0 Å². The molecule has 1 heterocycles. The Morgan fingerprint density at radius 2 is 1.77 bits per heavy atom. The van der Waals surface area contributed by atoms with Crippen LogP contribution >= 0.6 is 0 Å². The summed E-state index contributed by atoms with van der Waals surface area (Å²) >= 11 is 0. The largest absolute Gasteiger partial charge is 0.357 e. The molecule has 0 bridgehead atoms. The Hall–Kier alpha value is -1.30. The van der Waals surface area contributed by atoms with Crippen molar-refractivity contribution in [2.75, 3.05) is 32.7 Å². The summed E-state index contributed by atoms with van der Waals surface area (Å²) < 4.78 is 0. The molecule has 2 aliphatic rings. The van der Waals surface area contributed by atoms with Crippen LogP contribution < -0.4 is 16.0 Å². The minimum Gasteiger partial charge on any atom is -0.357 e. The first-order valence-electron chi connectivity index (χ1n) is 10.6. The molecule has 2 fully saturated rings. The Balaban J connectivity index is 1.75. The van der Waals surface area contributed by atoms with Gasteiger partial charge in [-0.1, -0.05) is 19.3 Å². The van der Waals surface area contributed by atoms with E-state index in [-0.39, 0.29) is 11.4 Å². The van der Waals surface area contributed by atoms with Crippen molar-refractivity contribution >= 4 is 11.9 Å². The van der Waals surface area contributed by atoms with Crippen LogP contribution in [0, 0.1) is 0 Å². The molecule has 150 valence electrons.